The van der Waals surface area contributed by atoms with Crippen LogP contribution < -0.4 is 4.90 Å². The lowest BCUT2D eigenvalue weighted by molar-refractivity contribution is 0.560. The maximum Gasteiger partial charge on any atom is 0.225 e. The number of hydrogen-bond acceptors (Lipinski definition) is 3. The summed E-state index contributed by atoms with van der Waals surface area (Å²) < 4.78 is 0. The van der Waals surface area contributed by atoms with E-state index in [1.54, 1.807) is 12.4 Å². The monoisotopic (exact) mass is 241 g/mol. The van der Waals surface area contributed by atoms with E-state index in [0.29, 0.717) is 17.8 Å². The minimum atomic E-state index is 0.407. The van der Waals surface area contributed by atoms with Crippen molar-refractivity contribution in [2.45, 2.75) is 39.6 Å². The van der Waals surface area contributed by atoms with Gasteiger partial charge in [0.15, 0.2) is 0 Å². The lowest BCUT2D eigenvalue weighted by Crippen LogP contribution is -2.35. The second-order valence-corrected chi connectivity index (χ2v) is 4.93. The van der Waals surface area contributed by atoms with Gasteiger partial charge < -0.3 is 4.90 Å². The van der Waals surface area contributed by atoms with Gasteiger partial charge in [-0.25, -0.2) is 9.97 Å². The van der Waals surface area contributed by atoms with Crippen molar-refractivity contribution in [3.8, 4) is 0 Å². The maximum atomic E-state index is 5.71. The molecular weight excluding hydrogens is 222 g/mol. The van der Waals surface area contributed by atoms with Crippen molar-refractivity contribution >= 4 is 17.5 Å². The molecule has 0 amide bonds. The molecular formula is C12H20ClN3. The maximum absolute atomic E-state index is 5.71. The van der Waals surface area contributed by atoms with Gasteiger partial charge in [0.25, 0.3) is 0 Å². The number of aromatic nitrogens is 2. The highest BCUT2D eigenvalue weighted by Crippen LogP contribution is 2.13. The fourth-order valence-corrected chi connectivity index (χ4v) is 1.62. The second-order valence-electron chi connectivity index (χ2n) is 4.66. The molecule has 1 aromatic heterocycles. The van der Waals surface area contributed by atoms with Crippen LogP contribution in [0.4, 0.5) is 5.95 Å². The molecule has 0 aromatic carbocycles. The van der Waals surface area contributed by atoms with Crippen LogP contribution >= 0.6 is 11.6 Å². The summed E-state index contributed by atoms with van der Waals surface area (Å²) in [6.45, 7) is 9.67. The third-order valence-corrected chi connectivity index (χ3v) is 2.60. The van der Waals surface area contributed by atoms with Crippen molar-refractivity contribution < 1.29 is 0 Å². The van der Waals surface area contributed by atoms with E-state index >= 15 is 0 Å². The van der Waals surface area contributed by atoms with E-state index in [2.05, 4.69) is 42.6 Å². The Morgan fingerprint density at radius 1 is 1.19 bits per heavy atom. The molecule has 0 bridgehead atoms. The van der Waals surface area contributed by atoms with Crippen LogP contribution in [0.2, 0.25) is 0 Å². The summed E-state index contributed by atoms with van der Waals surface area (Å²) in [6.07, 6.45) is 3.59. The molecule has 0 aliphatic carbocycles. The molecule has 0 radical (unpaired) electrons. The Hall–Kier alpha value is -0.830. The fraction of sp³-hybridized carbons (Fsp3) is 0.667. The highest BCUT2D eigenvalue weighted by atomic mass is 35.5. The first-order chi connectivity index (χ1) is 7.54. The molecule has 3 nitrogen and oxygen atoms in total. The number of hydrogen-bond donors (Lipinski definition) is 0. The Morgan fingerprint density at radius 3 is 2.12 bits per heavy atom. The molecule has 0 unspecified atom stereocenters. The molecule has 1 rings (SSSR count). The summed E-state index contributed by atoms with van der Waals surface area (Å²) in [5, 5.41) is 0. The smallest absolute Gasteiger partial charge is 0.225 e. The molecule has 4 heteroatoms. The topological polar surface area (TPSA) is 29.0 Å². The third-order valence-electron chi connectivity index (χ3n) is 2.29. The van der Waals surface area contributed by atoms with Crippen LogP contribution in [0, 0.1) is 5.92 Å². The summed E-state index contributed by atoms with van der Waals surface area (Å²) in [7, 11) is 0. The van der Waals surface area contributed by atoms with E-state index in [1.165, 1.54) is 0 Å². The van der Waals surface area contributed by atoms with Gasteiger partial charge in [0.1, 0.15) is 0 Å². The van der Waals surface area contributed by atoms with E-state index in [9.17, 15) is 0 Å². The minimum Gasteiger partial charge on any atom is -0.338 e. The highest BCUT2D eigenvalue weighted by molar-refractivity contribution is 6.17. The molecule has 90 valence electrons. The molecule has 0 spiro atoms. The Balaban J connectivity index is 2.84. The van der Waals surface area contributed by atoms with Crippen molar-refractivity contribution in [2.75, 3.05) is 11.4 Å². The number of halogens is 1. The summed E-state index contributed by atoms with van der Waals surface area (Å²) in [5.41, 5.74) is 0.957. The summed E-state index contributed by atoms with van der Waals surface area (Å²) >= 11 is 5.71. The van der Waals surface area contributed by atoms with Gasteiger partial charge >= 0.3 is 0 Å². The van der Waals surface area contributed by atoms with Gasteiger partial charge in [0, 0.05) is 30.5 Å². The van der Waals surface area contributed by atoms with E-state index in [-0.39, 0.29) is 0 Å². The van der Waals surface area contributed by atoms with Gasteiger partial charge in [-0.1, -0.05) is 13.8 Å². The molecule has 0 N–H and O–H groups in total. The third kappa shape index (κ3) is 3.63. The van der Waals surface area contributed by atoms with Crippen LogP contribution in [-0.2, 0) is 5.88 Å². The molecule has 0 aliphatic rings. The van der Waals surface area contributed by atoms with Crippen molar-refractivity contribution in [2.24, 2.45) is 5.92 Å². The van der Waals surface area contributed by atoms with Crippen LogP contribution in [0.15, 0.2) is 12.4 Å². The van der Waals surface area contributed by atoms with Crippen molar-refractivity contribution in [1.29, 1.82) is 0 Å². The standard InChI is InChI=1S/C12H20ClN3/c1-9(2)8-16(10(3)4)12-14-6-11(5-13)7-15-12/h6-7,9-10H,5,8H2,1-4H3. The zero-order chi connectivity index (χ0) is 12.1. The second kappa shape index (κ2) is 6.04. The average Bonchev–Trinajstić information content (AvgIpc) is 2.25. The van der Waals surface area contributed by atoms with Gasteiger partial charge in [-0.05, 0) is 19.8 Å². The molecule has 0 atom stereocenters. The van der Waals surface area contributed by atoms with Crippen molar-refractivity contribution in [1.82, 2.24) is 9.97 Å². The van der Waals surface area contributed by atoms with Crippen molar-refractivity contribution in [3.05, 3.63) is 18.0 Å². The normalized spacial score (nSPS) is 11.2. The summed E-state index contributed by atoms with van der Waals surface area (Å²) in [5.74, 6) is 1.85. The average molecular weight is 242 g/mol. The Labute approximate surface area is 103 Å². The predicted octanol–water partition coefficient (Wildman–Crippen LogP) is 3.09. The largest absolute Gasteiger partial charge is 0.338 e. The van der Waals surface area contributed by atoms with Gasteiger partial charge in [-0.15, -0.1) is 11.6 Å². The zero-order valence-electron chi connectivity index (χ0n) is 10.4. The molecule has 16 heavy (non-hydrogen) atoms. The summed E-state index contributed by atoms with van der Waals surface area (Å²) in [6, 6.07) is 0.407. The summed E-state index contributed by atoms with van der Waals surface area (Å²) in [4.78, 5) is 10.9. The van der Waals surface area contributed by atoms with E-state index in [4.69, 9.17) is 11.6 Å². The van der Waals surface area contributed by atoms with Gasteiger partial charge in [0.05, 0.1) is 5.88 Å². The zero-order valence-corrected chi connectivity index (χ0v) is 11.2. The van der Waals surface area contributed by atoms with Crippen LogP contribution in [0.1, 0.15) is 33.3 Å². The van der Waals surface area contributed by atoms with Gasteiger partial charge in [-0.2, -0.15) is 0 Å². The fourth-order valence-electron chi connectivity index (χ4n) is 1.48. The first-order valence-electron chi connectivity index (χ1n) is 5.68. The van der Waals surface area contributed by atoms with Crippen molar-refractivity contribution in [3.63, 3.8) is 0 Å². The van der Waals surface area contributed by atoms with E-state index < -0.39 is 0 Å². The molecule has 0 fully saturated rings. The first kappa shape index (κ1) is 13.2. The van der Waals surface area contributed by atoms with Crippen LogP contribution in [0.5, 0.6) is 0 Å². The van der Waals surface area contributed by atoms with Crippen LogP contribution in [-0.4, -0.2) is 22.6 Å². The van der Waals surface area contributed by atoms with Crippen LogP contribution in [0.3, 0.4) is 0 Å². The lowest BCUT2D eigenvalue weighted by Gasteiger charge is -2.28. The lowest BCUT2D eigenvalue weighted by atomic mass is 10.2. The van der Waals surface area contributed by atoms with E-state index in [1.807, 2.05) is 0 Å². The van der Waals surface area contributed by atoms with Gasteiger partial charge in [-0.3, -0.25) is 0 Å². The Morgan fingerprint density at radius 2 is 1.75 bits per heavy atom. The predicted molar refractivity (Wildman–Crippen MR) is 68.9 cm³/mol. The van der Waals surface area contributed by atoms with Gasteiger partial charge in [0.2, 0.25) is 5.95 Å². The molecule has 1 aromatic rings. The molecule has 0 saturated carbocycles. The number of alkyl halides is 1. The Kier molecular flexibility index (Phi) is 5.00. The quantitative estimate of drug-likeness (QED) is 0.742. The molecule has 0 saturated heterocycles. The number of rotatable bonds is 5. The van der Waals surface area contributed by atoms with Crippen LogP contribution in [0.25, 0.3) is 0 Å². The SMILES string of the molecule is CC(C)CN(c1ncc(CCl)cn1)C(C)C. The Bertz CT molecular complexity index is 309. The molecule has 1 heterocycles. The number of anilines is 1. The highest BCUT2D eigenvalue weighted by Gasteiger charge is 2.14. The minimum absolute atomic E-state index is 0.407. The van der Waals surface area contributed by atoms with E-state index in [0.717, 1.165) is 18.1 Å². The number of nitrogens with zero attached hydrogens (tertiary/aromatic N) is 3. The molecule has 0 aliphatic heterocycles. The first-order valence-corrected chi connectivity index (χ1v) is 6.21.